The zero-order chi connectivity index (χ0) is 17.1. The first kappa shape index (κ1) is 15.1. The molecule has 6 aliphatic rings. The Morgan fingerprint density at radius 3 is 1.29 bits per heavy atom. The van der Waals surface area contributed by atoms with Gasteiger partial charge in [0.1, 0.15) is 34.2 Å². The maximum absolute atomic E-state index is 13.0. The van der Waals surface area contributed by atoms with Crippen molar-refractivity contribution >= 4 is 11.9 Å². The highest BCUT2D eigenvalue weighted by atomic mass is 16.7. The number of fused-ring (bicyclic) bond motifs is 2. The Kier molecular flexibility index (Phi) is 2.51. The van der Waals surface area contributed by atoms with Gasteiger partial charge in [-0.05, 0) is 25.7 Å². The third-order valence-corrected chi connectivity index (χ3v) is 7.64. The predicted octanol–water partition coefficient (Wildman–Crippen LogP) is 1.74. The molecule has 6 heteroatoms. The Morgan fingerprint density at radius 1 is 0.667 bits per heavy atom. The van der Waals surface area contributed by atoms with Gasteiger partial charge in [0.2, 0.25) is 0 Å². The summed E-state index contributed by atoms with van der Waals surface area (Å²) in [6.07, 6.45) is 1.36. The minimum atomic E-state index is -0.857. The summed E-state index contributed by atoms with van der Waals surface area (Å²) >= 11 is 0. The van der Waals surface area contributed by atoms with Crippen LogP contribution in [0.4, 0.5) is 0 Å². The van der Waals surface area contributed by atoms with Crippen LogP contribution in [0.5, 0.6) is 0 Å². The molecule has 0 amide bonds. The van der Waals surface area contributed by atoms with Gasteiger partial charge in [-0.15, -0.1) is 0 Å². The number of carbonyl (C=O) groups excluding carboxylic acids is 2. The van der Waals surface area contributed by atoms with Crippen molar-refractivity contribution in [3.05, 3.63) is 0 Å². The molecule has 2 saturated carbocycles. The largest absolute Gasteiger partial charge is 0.455 e. The molecular weight excluding hydrogens is 312 g/mol. The Morgan fingerprint density at radius 2 is 1.00 bits per heavy atom. The average Bonchev–Trinajstić information content (AvgIpc) is 2.80. The highest BCUT2D eigenvalue weighted by molar-refractivity contribution is 5.89. The Hall–Kier alpha value is -1.14. The average molecular weight is 336 g/mol. The summed E-state index contributed by atoms with van der Waals surface area (Å²) in [6, 6.07) is 0. The fourth-order valence-corrected chi connectivity index (χ4v) is 6.64. The van der Waals surface area contributed by atoms with E-state index < -0.39 is 46.4 Å². The van der Waals surface area contributed by atoms with Crippen LogP contribution in [0.25, 0.3) is 0 Å². The van der Waals surface area contributed by atoms with E-state index in [2.05, 4.69) is 0 Å². The molecule has 6 fully saturated rings. The summed E-state index contributed by atoms with van der Waals surface area (Å²) in [5.41, 5.74) is -3.27. The minimum absolute atomic E-state index is 0.265. The summed E-state index contributed by atoms with van der Waals surface area (Å²) in [7, 11) is 0. The lowest BCUT2D eigenvalue weighted by Crippen LogP contribution is -2.89. The van der Waals surface area contributed by atoms with Crippen molar-refractivity contribution in [1.29, 1.82) is 0 Å². The number of hydrogen-bond acceptors (Lipinski definition) is 6. The maximum atomic E-state index is 13.0. The molecule has 0 N–H and O–H groups in total. The van der Waals surface area contributed by atoms with Crippen LogP contribution in [0, 0.1) is 11.8 Å². The second-order valence-electron chi connectivity index (χ2n) is 7.94. The number of hydrogen-bond donors (Lipinski definition) is 0. The fourth-order valence-electron chi connectivity index (χ4n) is 6.64. The second-order valence-corrected chi connectivity index (χ2v) is 7.94. The molecule has 4 heterocycles. The Labute approximate surface area is 141 Å². The highest BCUT2D eigenvalue weighted by Crippen LogP contribution is 2.74. The van der Waals surface area contributed by atoms with Crippen molar-refractivity contribution in [3.63, 3.8) is 0 Å². The predicted molar refractivity (Wildman–Crippen MR) is 81.0 cm³/mol. The van der Waals surface area contributed by atoms with Gasteiger partial charge < -0.3 is 18.9 Å². The van der Waals surface area contributed by atoms with Gasteiger partial charge in [0.05, 0.1) is 0 Å². The highest BCUT2D eigenvalue weighted by Gasteiger charge is 2.93. The summed E-state index contributed by atoms with van der Waals surface area (Å²) in [4.78, 5) is 26.0. The lowest BCUT2D eigenvalue weighted by Gasteiger charge is -2.71. The van der Waals surface area contributed by atoms with Crippen molar-refractivity contribution in [2.24, 2.45) is 11.8 Å². The van der Waals surface area contributed by atoms with Crippen LogP contribution in [0.1, 0.15) is 53.4 Å². The summed E-state index contributed by atoms with van der Waals surface area (Å²) in [6.45, 7) is 7.94. The fraction of sp³-hybridized carbons (Fsp3) is 0.889. The third-order valence-electron chi connectivity index (χ3n) is 7.64. The monoisotopic (exact) mass is 336 g/mol. The van der Waals surface area contributed by atoms with Crippen molar-refractivity contribution in [1.82, 2.24) is 0 Å². The van der Waals surface area contributed by atoms with E-state index in [9.17, 15) is 9.59 Å². The molecule has 2 aliphatic carbocycles. The molecule has 8 bridgehead atoms. The first-order chi connectivity index (χ1) is 11.4. The minimum Gasteiger partial charge on any atom is -0.455 e. The van der Waals surface area contributed by atoms with Gasteiger partial charge in [-0.1, -0.05) is 27.7 Å². The molecule has 6 nitrogen and oxygen atoms in total. The first-order valence-corrected chi connectivity index (χ1v) is 9.23. The maximum Gasteiger partial charge on any atom is 0.315 e. The van der Waals surface area contributed by atoms with Crippen LogP contribution in [0.15, 0.2) is 0 Å². The van der Waals surface area contributed by atoms with Crippen LogP contribution in [0.3, 0.4) is 0 Å². The molecule has 0 aromatic heterocycles. The van der Waals surface area contributed by atoms with E-state index in [0.717, 1.165) is 0 Å². The van der Waals surface area contributed by atoms with Crippen LogP contribution in [-0.2, 0) is 28.5 Å². The quantitative estimate of drug-likeness (QED) is 0.728. The van der Waals surface area contributed by atoms with E-state index in [0.29, 0.717) is 25.7 Å². The van der Waals surface area contributed by atoms with Crippen molar-refractivity contribution < 1.29 is 28.5 Å². The number of ether oxygens (including phenoxy) is 4. The molecule has 0 spiro atoms. The zero-order valence-electron chi connectivity index (χ0n) is 14.6. The van der Waals surface area contributed by atoms with Gasteiger partial charge in [0, 0.05) is 0 Å². The van der Waals surface area contributed by atoms with Crippen LogP contribution in [-0.4, -0.2) is 46.6 Å². The number of carbonyl (C=O) groups is 2. The topological polar surface area (TPSA) is 71.1 Å². The molecule has 4 aliphatic heterocycles. The number of rotatable bonds is 4. The third kappa shape index (κ3) is 1.09. The number of esters is 2. The molecule has 24 heavy (non-hydrogen) atoms. The van der Waals surface area contributed by atoms with Crippen molar-refractivity contribution in [3.8, 4) is 0 Å². The normalized spacial score (nSPS) is 59.0. The Bertz CT molecular complexity index is 582. The van der Waals surface area contributed by atoms with Crippen LogP contribution < -0.4 is 0 Å². The van der Waals surface area contributed by atoms with Gasteiger partial charge in [-0.2, -0.15) is 0 Å². The van der Waals surface area contributed by atoms with Gasteiger partial charge >= 0.3 is 11.9 Å². The molecule has 4 saturated heterocycles. The standard InChI is InChI=1S/C18H24O6/c1-5-15-9-11(19)21-13-17(7-3,23-15)14-18(13,8-4)24-16(9,6-2)10(15)12(20)22-14/h9-10,13-14H,5-8H2,1-4H3. The van der Waals surface area contributed by atoms with Gasteiger partial charge in [0.25, 0.3) is 0 Å². The molecule has 0 radical (unpaired) electrons. The van der Waals surface area contributed by atoms with Crippen molar-refractivity contribution in [2.45, 2.75) is 88.0 Å². The van der Waals surface area contributed by atoms with E-state index in [4.69, 9.17) is 18.9 Å². The molecule has 0 unspecified atom stereocenters. The molecular formula is C18H24O6. The summed E-state index contributed by atoms with van der Waals surface area (Å²) < 4.78 is 25.3. The van der Waals surface area contributed by atoms with E-state index in [1.54, 1.807) is 0 Å². The molecule has 0 atom stereocenters. The Balaban J connectivity index is 1.83. The smallest absolute Gasteiger partial charge is 0.315 e. The summed E-state index contributed by atoms with van der Waals surface area (Å²) in [5.74, 6) is -1.64. The summed E-state index contributed by atoms with van der Waals surface area (Å²) in [5, 5.41) is 0. The first-order valence-electron chi connectivity index (χ1n) is 9.23. The lowest BCUT2D eigenvalue weighted by atomic mass is 9.46. The van der Waals surface area contributed by atoms with Crippen molar-refractivity contribution in [2.75, 3.05) is 0 Å². The van der Waals surface area contributed by atoms with Gasteiger partial charge in [-0.25, -0.2) is 0 Å². The van der Waals surface area contributed by atoms with E-state index in [1.165, 1.54) is 0 Å². The van der Waals surface area contributed by atoms with Crippen LogP contribution in [0.2, 0.25) is 0 Å². The lowest BCUT2D eigenvalue weighted by molar-refractivity contribution is -0.447. The van der Waals surface area contributed by atoms with E-state index in [1.807, 2.05) is 27.7 Å². The zero-order valence-corrected chi connectivity index (χ0v) is 14.6. The second kappa shape index (κ2) is 3.98. The van der Waals surface area contributed by atoms with Crippen LogP contribution >= 0.6 is 0 Å². The molecule has 0 aromatic rings. The molecule has 132 valence electrons. The molecule has 6 rings (SSSR count). The van der Waals surface area contributed by atoms with E-state index >= 15 is 0 Å². The van der Waals surface area contributed by atoms with Gasteiger partial charge in [-0.3, -0.25) is 9.59 Å². The van der Waals surface area contributed by atoms with E-state index in [-0.39, 0.29) is 11.9 Å². The SMILES string of the molecule is CCC12OC3(CC)C4C(=O)OC1C1(CC)OC4(CC)C3C(=O)OC21. The van der Waals surface area contributed by atoms with Gasteiger partial charge in [0.15, 0.2) is 12.2 Å². The molecule has 0 aromatic carbocycles.